The van der Waals surface area contributed by atoms with Crippen LogP contribution >= 0.6 is 39.1 Å². The number of aliphatic hydroxyl groups excluding tert-OH is 1. The molecule has 0 amide bonds. The SMILES string of the molecule is COc1cc(C(O)c2cc(Br)ccc2Cl)ccc1Cl. The van der Waals surface area contributed by atoms with E-state index in [4.69, 9.17) is 27.9 Å². The smallest absolute Gasteiger partial charge is 0.137 e. The molecule has 0 bridgehead atoms. The molecule has 0 aliphatic carbocycles. The third kappa shape index (κ3) is 3.23. The Hall–Kier alpha value is -0.740. The lowest BCUT2D eigenvalue weighted by molar-refractivity contribution is 0.220. The molecule has 19 heavy (non-hydrogen) atoms. The number of benzene rings is 2. The highest BCUT2D eigenvalue weighted by molar-refractivity contribution is 9.10. The Labute approximate surface area is 130 Å². The summed E-state index contributed by atoms with van der Waals surface area (Å²) >= 11 is 15.4. The van der Waals surface area contributed by atoms with Crippen molar-refractivity contribution in [2.45, 2.75) is 6.10 Å². The van der Waals surface area contributed by atoms with Crippen molar-refractivity contribution in [3.8, 4) is 5.75 Å². The van der Waals surface area contributed by atoms with E-state index < -0.39 is 6.10 Å². The maximum absolute atomic E-state index is 10.4. The standard InChI is InChI=1S/C14H11BrCl2O2/c1-19-13-6-8(2-4-12(13)17)14(18)10-7-9(15)3-5-11(10)16/h2-7,14,18H,1H3. The molecule has 1 atom stereocenters. The van der Waals surface area contributed by atoms with E-state index in [0.717, 1.165) is 4.47 Å². The van der Waals surface area contributed by atoms with Gasteiger partial charge in [-0.2, -0.15) is 0 Å². The van der Waals surface area contributed by atoms with E-state index in [9.17, 15) is 5.11 Å². The molecule has 2 aromatic carbocycles. The largest absolute Gasteiger partial charge is 0.495 e. The first kappa shape index (κ1) is 14.7. The van der Waals surface area contributed by atoms with Gasteiger partial charge in [-0.25, -0.2) is 0 Å². The average Bonchev–Trinajstić information content (AvgIpc) is 2.41. The monoisotopic (exact) mass is 360 g/mol. The van der Waals surface area contributed by atoms with Crippen molar-refractivity contribution in [1.29, 1.82) is 0 Å². The molecule has 1 N–H and O–H groups in total. The van der Waals surface area contributed by atoms with E-state index in [0.29, 0.717) is 26.9 Å². The van der Waals surface area contributed by atoms with Gasteiger partial charge in [-0.1, -0.05) is 45.2 Å². The minimum absolute atomic E-state index is 0.499. The summed E-state index contributed by atoms with van der Waals surface area (Å²) in [5.74, 6) is 0.518. The van der Waals surface area contributed by atoms with Crippen molar-refractivity contribution < 1.29 is 9.84 Å². The zero-order valence-electron chi connectivity index (χ0n) is 10.0. The van der Waals surface area contributed by atoms with Gasteiger partial charge >= 0.3 is 0 Å². The van der Waals surface area contributed by atoms with Crippen molar-refractivity contribution in [2.75, 3.05) is 7.11 Å². The van der Waals surface area contributed by atoms with Crippen molar-refractivity contribution in [3.63, 3.8) is 0 Å². The Morgan fingerprint density at radius 1 is 1.11 bits per heavy atom. The van der Waals surface area contributed by atoms with Crippen LogP contribution in [0.5, 0.6) is 5.75 Å². The summed E-state index contributed by atoms with van der Waals surface area (Å²) in [4.78, 5) is 0. The molecule has 0 aromatic heterocycles. The van der Waals surface area contributed by atoms with Gasteiger partial charge in [0, 0.05) is 15.1 Å². The Morgan fingerprint density at radius 2 is 1.79 bits per heavy atom. The molecule has 2 nitrogen and oxygen atoms in total. The quantitative estimate of drug-likeness (QED) is 0.846. The van der Waals surface area contributed by atoms with Gasteiger partial charge < -0.3 is 9.84 Å². The minimum Gasteiger partial charge on any atom is -0.495 e. The maximum Gasteiger partial charge on any atom is 0.137 e. The van der Waals surface area contributed by atoms with Gasteiger partial charge in [0.15, 0.2) is 0 Å². The number of rotatable bonds is 3. The van der Waals surface area contributed by atoms with Gasteiger partial charge in [0.05, 0.1) is 12.1 Å². The van der Waals surface area contributed by atoms with Crippen LogP contribution in [0.3, 0.4) is 0 Å². The second-order valence-corrected chi connectivity index (χ2v) is 5.69. The van der Waals surface area contributed by atoms with Crippen LogP contribution in [-0.4, -0.2) is 12.2 Å². The second kappa shape index (κ2) is 6.14. The number of hydrogen-bond donors (Lipinski definition) is 1. The molecule has 0 saturated carbocycles. The third-order valence-electron chi connectivity index (χ3n) is 2.74. The summed E-state index contributed by atoms with van der Waals surface area (Å²) in [6.45, 7) is 0. The number of methoxy groups -OCH3 is 1. The van der Waals surface area contributed by atoms with E-state index in [2.05, 4.69) is 15.9 Å². The van der Waals surface area contributed by atoms with Crippen molar-refractivity contribution >= 4 is 39.1 Å². The Kier molecular flexibility index (Phi) is 4.74. The molecular formula is C14H11BrCl2O2. The molecule has 2 aromatic rings. The Morgan fingerprint density at radius 3 is 2.47 bits per heavy atom. The highest BCUT2D eigenvalue weighted by atomic mass is 79.9. The first-order valence-electron chi connectivity index (χ1n) is 5.49. The van der Waals surface area contributed by atoms with E-state index in [1.807, 2.05) is 6.07 Å². The van der Waals surface area contributed by atoms with E-state index in [1.54, 1.807) is 30.3 Å². The predicted molar refractivity (Wildman–Crippen MR) is 81.2 cm³/mol. The topological polar surface area (TPSA) is 29.5 Å². The number of hydrogen-bond acceptors (Lipinski definition) is 2. The average molecular weight is 362 g/mol. The second-order valence-electron chi connectivity index (χ2n) is 3.96. The molecule has 0 radical (unpaired) electrons. The van der Waals surface area contributed by atoms with Crippen LogP contribution in [0.4, 0.5) is 0 Å². The number of aliphatic hydroxyl groups is 1. The number of ether oxygens (including phenoxy) is 1. The first-order chi connectivity index (χ1) is 9.02. The Balaban J connectivity index is 2.43. The first-order valence-corrected chi connectivity index (χ1v) is 7.04. The zero-order valence-corrected chi connectivity index (χ0v) is 13.1. The summed E-state index contributed by atoms with van der Waals surface area (Å²) in [6.07, 6.45) is -0.837. The van der Waals surface area contributed by atoms with Gasteiger partial charge in [-0.05, 0) is 35.9 Å². The molecule has 1 unspecified atom stereocenters. The molecule has 0 aliphatic rings. The normalized spacial score (nSPS) is 12.3. The van der Waals surface area contributed by atoms with Crippen molar-refractivity contribution in [1.82, 2.24) is 0 Å². The molecule has 0 saturated heterocycles. The van der Waals surface area contributed by atoms with Crippen LogP contribution in [0, 0.1) is 0 Å². The van der Waals surface area contributed by atoms with Crippen LogP contribution in [0.15, 0.2) is 40.9 Å². The Bertz CT molecular complexity index is 602. The third-order valence-corrected chi connectivity index (χ3v) is 3.89. The van der Waals surface area contributed by atoms with E-state index >= 15 is 0 Å². The number of halogens is 3. The fourth-order valence-electron chi connectivity index (χ4n) is 1.75. The predicted octanol–water partition coefficient (Wildman–Crippen LogP) is 4.85. The van der Waals surface area contributed by atoms with Crippen LogP contribution in [0.1, 0.15) is 17.2 Å². The van der Waals surface area contributed by atoms with Gasteiger partial charge in [-0.3, -0.25) is 0 Å². The minimum atomic E-state index is -0.837. The lowest BCUT2D eigenvalue weighted by Crippen LogP contribution is -2.01. The van der Waals surface area contributed by atoms with Crippen LogP contribution in [-0.2, 0) is 0 Å². The van der Waals surface area contributed by atoms with Crippen LogP contribution < -0.4 is 4.74 Å². The summed E-state index contributed by atoms with van der Waals surface area (Å²) in [6, 6.07) is 10.5. The van der Waals surface area contributed by atoms with Gasteiger partial charge in [-0.15, -0.1) is 0 Å². The summed E-state index contributed by atoms with van der Waals surface area (Å²) in [7, 11) is 1.53. The lowest BCUT2D eigenvalue weighted by Gasteiger charge is -2.15. The molecule has 5 heteroatoms. The molecular weight excluding hydrogens is 351 g/mol. The fourth-order valence-corrected chi connectivity index (χ4v) is 2.54. The zero-order chi connectivity index (χ0) is 14.0. The van der Waals surface area contributed by atoms with E-state index in [1.165, 1.54) is 7.11 Å². The van der Waals surface area contributed by atoms with Gasteiger partial charge in [0.1, 0.15) is 11.9 Å². The highest BCUT2D eigenvalue weighted by Gasteiger charge is 2.16. The molecule has 2 rings (SSSR count). The highest BCUT2D eigenvalue weighted by Crippen LogP contribution is 2.34. The van der Waals surface area contributed by atoms with E-state index in [-0.39, 0.29) is 0 Å². The molecule has 100 valence electrons. The summed E-state index contributed by atoms with van der Waals surface area (Å²) in [5.41, 5.74) is 1.29. The molecule has 0 heterocycles. The molecule has 0 fully saturated rings. The molecule has 0 spiro atoms. The molecule has 0 aliphatic heterocycles. The van der Waals surface area contributed by atoms with Crippen LogP contribution in [0.2, 0.25) is 10.0 Å². The summed E-state index contributed by atoms with van der Waals surface area (Å²) in [5, 5.41) is 11.4. The summed E-state index contributed by atoms with van der Waals surface area (Å²) < 4.78 is 5.99. The maximum atomic E-state index is 10.4. The fraction of sp³-hybridized carbons (Fsp3) is 0.143. The van der Waals surface area contributed by atoms with Gasteiger partial charge in [0.25, 0.3) is 0 Å². The lowest BCUT2D eigenvalue weighted by atomic mass is 10.0. The van der Waals surface area contributed by atoms with Gasteiger partial charge in [0.2, 0.25) is 0 Å². The van der Waals surface area contributed by atoms with Crippen LogP contribution in [0.25, 0.3) is 0 Å². The van der Waals surface area contributed by atoms with Crippen molar-refractivity contribution in [2.24, 2.45) is 0 Å². The van der Waals surface area contributed by atoms with Crippen molar-refractivity contribution in [3.05, 3.63) is 62.0 Å².